The summed E-state index contributed by atoms with van der Waals surface area (Å²) in [6.07, 6.45) is 0. The van der Waals surface area contributed by atoms with Gasteiger partial charge in [0.25, 0.3) is 0 Å². The van der Waals surface area contributed by atoms with Crippen LogP contribution in [-0.4, -0.2) is 12.4 Å². The summed E-state index contributed by atoms with van der Waals surface area (Å²) >= 11 is 0. The van der Waals surface area contributed by atoms with E-state index in [1.807, 2.05) is 20.8 Å². The molecular weight excluding hydrogens is 188 g/mol. The zero-order chi connectivity index (χ0) is 11.2. The van der Waals surface area contributed by atoms with Crippen molar-refractivity contribution in [2.24, 2.45) is 5.92 Å². The highest BCUT2D eigenvalue weighted by Gasteiger charge is 2.28. The molecule has 1 atom stereocenters. The van der Waals surface area contributed by atoms with E-state index in [4.69, 9.17) is 4.74 Å². The molecule has 0 radical (unpaired) electrons. The molecule has 0 bridgehead atoms. The van der Waals surface area contributed by atoms with Crippen LogP contribution in [0.2, 0.25) is 0 Å². The number of carbonyl (C=O) groups excluding carboxylic acids is 1. The standard InChI is InChI=1S/C13H16O2/c1-7-5-8(2)11-12(14)9(3)6-15-13(11)10(7)4/h5,9H,6H2,1-4H3. The van der Waals surface area contributed by atoms with Crippen molar-refractivity contribution in [1.82, 2.24) is 0 Å². The molecule has 2 rings (SSSR count). The molecule has 0 spiro atoms. The quantitative estimate of drug-likeness (QED) is 0.649. The lowest BCUT2D eigenvalue weighted by Crippen LogP contribution is -2.27. The smallest absolute Gasteiger partial charge is 0.173 e. The molecule has 2 heteroatoms. The average Bonchev–Trinajstić information content (AvgIpc) is 2.18. The maximum Gasteiger partial charge on any atom is 0.173 e. The van der Waals surface area contributed by atoms with Gasteiger partial charge in [0.1, 0.15) is 5.75 Å². The first kappa shape index (κ1) is 10.2. The van der Waals surface area contributed by atoms with Crippen molar-refractivity contribution in [2.75, 3.05) is 6.61 Å². The molecular formula is C13H16O2. The second-order valence-electron chi connectivity index (χ2n) is 4.42. The van der Waals surface area contributed by atoms with E-state index < -0.39 is 0 Å². The molecule has 1 aliphatic heterocycles. The Hall–Kier alpha value is -1.31. The van der Waals surface area contributed by atoms with Crippen LogP contribution in [0.1, 0.15) is 34.0 Å². The van der Waals surface area contributed by atoms with E-state index in [2.05, 4.69) is 13.0 Å². The Morgan fingerprint density at radius 2 is 1.93 bits per heavy atom. The van der Waals surface area contributed by atoms with E-state index in [-0.39, 0.29) is 11.7 Å². The first-order valence-corrected chi connectivity index (χ1v) is 5.30. The minimum absolute atomic E-state index is 0.0155. The molecule has 1 aliphatic rings. The van der Waals surface area contributed by atoms with Gasteiger partial charge in [-0.15, -0.1) is 0 Å². The fourth-order valence-corrected chi connectivity index (χ4v) is 2.07. The summed E-state index contributed by atoms with van der Waals surface area (Å²) in [5, 5.41) is 0. The molecule has 0 aromatic heterocycles. The first-order valence-electron chi connectivity index (χ1n) is 5.30. The number of ketones is 1. The molecule has 80 valence electrons. The highest BCUT2D eigenvalue weighted by molar-refractivity contribution is 6.02. The van der Waals surface area contributed by atoms with Gasteiger partial charge in [-0.25, -0.2) is 0 Å². The average molecular weight is 204 g/mol. The van der Waals surface area contributed by atoms with Crippen molar-refractivity contribution < 1.29 is 9.53 Å². The second kappa shape index (κ2) is 3.37. The van der Waals surface area contributed by atoms with Crippen LogP contribution in [0.3, 0.4) is 0 Å². The lowest BCUT2D eigenvalue weighted by Gasteiger charge is -2.25. The number of ether oxygens (including phenoxy) is 1. The number of rotatable bonds is 0. The Morgan fingerprint density at radius 1 is 1.27 bits per heavy atom. The SMILES string of the molecule is Cc1cc(C)c2c(c1C)OCC(C)C2=O. The Labute approximate surface area is 90.3 Å². The molecule has 0 fully saturated rings. The van der Waals surface area contributed by atoms with E-state index in [1.54, 1.807) is 0 Å². The van der Waals surface area contributed by atoms with Crippen molar-refractivity contribution in [3.05, 3.63) is 28.3 Å². The number of hydrogen-bond acceptors (Lipinski definition) is 2. The first-order chi connectivity index (χ1) is 7.02. The minimum atomic E-state index is -0.0155. The van der Waals surface area contributed by atoms with Gasteiger partial charge in [0.2, 0.25) is 0 Å². The maximum atomic E-state index is 12.0. The van der Waals surface area contributed by atoms with Gasteiger partial charge in [0, 0.05) is 0 Å². The van der Waals surface area contributed by atoms with Gasteiger partial charge < -0.3 is 4.74 Å². The third-order valence-electron chi connectivity index (χ3n) is 3.16. The van der Waals surface area contributed by atoms with Crippen molar-refractivity contribution in [1.29, 1.82) is 0 Å². The Morgan fingerprint density at radius 3 is 2.60 bits per heavy atom. The normalized spacial score (nSPS) is 19.7. The highest BCUT2D eigenvalue weighted by atomic mass is 16.5. The largest absolute Gasteiger partial charge is 0.492 e. The second-order valence-corrected chi connectivity index (χ2v) is 4.42. The number of fused-ring (bicyclic) bond motifs is 1. The van der Waals surface area contributed by atoms with Gasteiger partial charge in [-0.05, 0) is 37.5 Å². The summed E-state index contributed by atoms with van der Waals surface area (Å²) in [4.78, 5) is 12.0. The Bertz CT molecular complexity index is 433. The molecule has 0 saturated carbocycles. The monoisotopic (exact) mass is 204 g/mol. The molecule has 0 N–H and O–H groups in total. The van der Waals surface area contributed by atoms with Crippen LogP contribution < -0.4 is 4.74 Å². The van der Waals surface area contributed by atoms with Crippen LogP contribution in [0.4, 0.5) is 0 Å². The topological polar surface area (TPSA) is 26.3 Å². The third kappa shape index (κ3) is 1.44. The summed E-state index contributed by atoms with van der Waals surface area (Å²) in [5.74, 6) is 1.01. The predicted octanol–water partition coefficient (Wildman–Crippen LogP) is 2.82. The number of aryl methyl sites for hydroxylation is 2. The predicted molar refractivity (Wildman–Crippen MR) is 59.6 cm³/mol. The summed E-state index contributed by atoms with van der Waals surface area (Å²) in [6, 6.07) is 2.06. The van der Waals surface area contributed by atoms with Crippen molar-refractivity contribution in [3.8, 4) is 5.75 Å². The number of benzene rings is 1. The van der Waals surface area contributed by atoms with E-state index in [9.17, 15) is 4.79 Å². The molecule has 2 nitrogen and oxygen atoms in total. The summed E-state index contributed by atoms with van der Waals surface area (Å²) in [7, 11) is 0. The van der Waals surface area contributed by atoms with Gasteiger partial charge >= 0.3 is 0 Å². The third-order valence-corrected chi connectivity index (χ3v) is 3.16. The molecule has 0 saturated heterocycles. The van der Waals surface area contributed by atoms with Crippen LogP contribution in [0.25, 0.3) is 0 Å². The van der Waals surface area contributed by atoms with Gasteiger partial charge in [-0.3, -0.25) is 4.79 Å². The van der Waals surface area contributed by atoms with Crippen LogP contribution >= 0.6 is 0 Å². The van der Waals surface area contributed by atoms with Gasteiger partial charge in [-0.1, -0.05) is 13.0 Å². The molecule has 0 aliphatic carbocycles. The van der Waals surface area contributed by atoms with E-state index in [1.165, 1.54) is 5.56 Å². The summed E-state index contributed by atoms with van der Waals surface area (Å²) < 4.78 is 5.68. The van der Waals surface area contributed by atoms with Crippen molar-refractivity contribution >= 4 is 5.78 Å². The van der Waals surface area contributed by atoms with E-state index >= 15 is 0 Å². The van der Waals surface area contributed by atoms with Crippen molar-refractivity contribution in [3.63, 3.8) is 0 Å². The number of carbonyl (C=O) groups is 1. The lowest BCUT2D eigenvalue weighted by molar-refractivity contribution is 0.0846. The van der Waals surface area contributed by atoms with Crippen LogP contribution in [0, 0.1) is 26.7 Å². The van der Waals surface area contributed by atoms with Crippen LogP contribution in [0.15, 0.2) is 6.07 Å². The molecule has 15 heavy (non-hydrogen) atoms. The van der Waals surface area contributed by atoms with Gasteiger partial charge in [0.05, 0.1) is 18.1 Å². The lowest BCUT2D eigenvalue weighted by atomic mass is 9.89. The fourth-order valence-electron chi connectivity index (χ4n) is 2.07. The Balaban J connectivity index is 2.69. The zero-order valence-corrected chi connectivity index (χ0v) is 9.68. The summed E-state index contributed by atoms with van der Waals surface area (Å²) in [5.41, 5.74) is 4.10. The van der Waals surface area contributed by atoms with Gasteiger partial charge in [0.15, 0.2) is 5.78 Å². The minimum Gasteiger partial charge on any atom is -0.492 e. The number of hydrogen-bond donors (Lipinski definition) is 0. The number of Topliss-reactive ketones (excluding diaryl/α,β-unsaturated/α-hetero) is 1. The van der Waals surface area contributed by atoms with E-state index in [0.717, 1.165) is 22.4 Å². The van der Waals surface area contributed by atoms with Crippen molar-refractivity contribution in [2.45, 2.75) is 27.7 Å². The maximum absolute atomic E-state index is 12.0. The highest BCUT2D eigenvalue weighted by Crippen LogP contribution is 2.34. The van der Waals surface area contributed by atoms with E-state index in [0.29, 0.717) is 6.61 Å². The Kier molecular flexibility index (Phi) is 2.29. The fraction of sp³-hybridized carbons (Fsp3) is 0.462. The van der Waals surface area contributed by atoms with Gasteiger partial charge in [-0.2, -0.15) is 0 Å². The molecule has 1 aromatic carbocycles. The van der Waals surface area contributed by atoms with Crippen LogP contribution in [0.5, 0.6) is 5.75 Å². The molecule has 1 heterocycles. The molecule has 1 unspecified atom stereocenters. The zero-order valence-electron chi connectivity index (χ0n) is 9.68. The summed E-state index contributed by atoms with van der Waals surface area (Å²) in [6.45, 7) is 8.46. The van der Waals surface area contributed by atoms with Crippen LogP contribution in [-0.2, 0) is 0 Å². The molecule has 1 aromatic rings. The molecule has 0 amide bonds.